The lowest BCUT2D eigenvalue weighted by molar-refractivity contribution is -0.118. The van der Waals surface area contributed by atoms with Crippen LogP contribution in [0, 0.1) is 5.92 Å². The van der Waals surface area contributed by atoms with Crippen molar-refractivity contribution >= 4 is 21.8 Å². The van der Waals surface area contributed by atoms with Crippen LogP contribution in [0.4, 0.5) is 0 Å². The number of carbonyl (C=O) groups is 1. The van der Waals surface area contributed by atoms with Gasteiger partial charge in [-0.3, -0.25) is 4.79 Å². The summed E-state index contributed by atoms with van der Waals surface area (Å²) in [6.07, 6.45) is 6.28. The number of halogens is 1. The van der Waals surface area contributed by atoms with Gasteiger partial charge in [0.15, 0.2) is 0 Å². The fourth-order valence-electron chi connectivity index (χ4n) is 1.31. The van der Waals surface area contributed by atoms with Crippen LogP contribution < -0.4 is 5.32 Å². The van der Waals surface area contributed by atoms with E-state index in [1.165, 1.54) is 25.7 Å². The van der Waals surface area contributed by atoms with E-state index in [2.05, 4.69) is 35.1 Å². The Kier molecular flexibility index (Phi) is 9.47. The van der Waals surface area contributed by atoms with Crippen molar-refractivity contribution in [3.63, 3.8) is 0 Å². The second-order valence-corrected chi connectivity index (χ2v) is 4.64. The Morgan fingerprint density at radius 2 is 1.86 bits per heavy atom. The van der Waals surface area contributed by atoms with Crippen molar-refractivity contribution in [2.45, 2.75) is 46.0 Å². The lowest BCUT2D eigenvalue weighted by atomic mass is 10.0. The number of nitrogens with one attached hydrogen (secondary N) is 1. The van der Waals surface area contributed by atoms with Crippen LogP contribution in [-0.2, 0) is 4.79 Å². The fourth-order valence-corrected chi connectivity index (χ4v) is 1.50. The first-order valence-corrected chi connectivity index (χ1v) is 6.61. The third-order valence-corrected chi connectivity index (χ3v) is 2.66. The standard InChI is InChI=1S/C11H22BrNO/c1-10(2)7-5-3-4-6-8-13-11(14)9-12/h10H,3-9H2,1-2H3,(H,13,14). The monoisotopic (exact) mass is 263 g/mol. The van der Waals surface area contributed by atoms with Gasteiger partial charge in [0, 0.05) is 6.54 Å². The fraction of sp³-hybridized carbons (Fsp3) is 0.909. The molecule has 0 rings (SSSR count). The molecule has 0 aromatic rings. The van der Waals surface area contributed by atoms with Gasteiger partial charge in [0.05, 0.1) is 5.33 Å². The predicted octanol–water partition coefficient (Wildman–Crippen LogP) is 3.10. The highest BCUT2D eigenvalue weighted by molar-refractivity contribution is 9.09. The second-order valence-electron chi connectivity index (χ2n) is 4.08. The summed E-state index contributed by atoms with van der Waals surface area (Å²) in [5, 5.41) is 3.26. The van der Waals surface area contributed by atoms with E-state index in [1.54, 1.807) is 0 Å². The molecule has 0 radical (unpaired) electrons. The van der Waals surface area contributed by atoms with E-state index in [0.717, 1.165) is 18.9 Å². The van der Waals surface area contributed by atoms with Crippen LogP contribution in [-0.4, -0.2) is 17.8 Å². The van der Waals surface area contributed by atoms with E-state index in [0.29, 0.717) is 5.33 Å². The third kappa shape index (κ3) is 10.0. The van der Waals surface area contributed by atoms with E-state index in [4.69, 9.17) is 0 Å². The number of unbranched alkanes of at least 4 members (excludes halogenated alkanes) is 3. The summed E-state index contributed by atoms with van der Waals surface area (Å²) in [6, 6.07) is 0. The molecule has 1 N–H and O–H groups in total. The minimum absolute atomic E-state index is 0.0900. The van der Waals surface area contributed by atoms with Gasteiger partial charge in [0.25, 0.3) is 0 Å². The Morgan fingerprint density at radius 3 is 2.43 bits per heavy atom. The molecular formula is C11H22BrNO. The van der Waals surface area contributed by atoms with Crippen LogP contribution in [0.25, 0.3) is 0 Å². The summed E-state index contributed by atoms with van der Waals surface area (Å²) in [5.74, 6) is 0.912. The quantitative estimate of drug-likeness (QED) is 0.529. The molecule has 0 atom stereocenters. The Morgan fingerprint density at radius 1 is 1.21 bits per heavy atom. The molecule has 14 heavy (non-hydrogen) atoms. The zero-order valence-electron chi connectivity index (χ0n) is 9.31. The van der Waals surface area contributed by atoms with Crippen molar-refractivity contribution in [2.24, 2.45) is 5.92 Å². The summed E-state index contributed by atoms with van der Waals surface area (Å²) in [6.45, 7) is 5.35. The van der Waals surface area contributed by atoms with Crippen LogP contribution in [0.15, 0.2) is 0 Å². The van der Waals surface area contributed by atoms with Gasteiger partial charge >= 0.3 is 0 Å². The largest absolute Gasteiger partial charge is 0.355 e. The van der Waals surface area contributed by atoms with Crippen LogP contribution in [0.3, 0.4) is 0 Å². The summed E-state index contributed by atoms with van der Waals surface area (Å²) in [4.78, 5) is 10.8. The van der Waals surface area contributed by atoms with Gasteiger partial charge in [-0.1, -0.05) is 55.5 Å². The molecule has 0 unspecified atom stereocenters. The normalized spacial score (nSPS) is 10.6. The molecular weight excluding hydrogens is 242 g/mol. The number of rotatable bonds is 8. The molecule has 0 saturated heterocycles. The van der Waals surface area contributed by atoms with E-state index >= 15 is 0 Å². The maximum atomic E-state index is 10.8. The zero-order valence-corrected chi connectivity index (χ0v) is 10.9. The molecule has 0 aromatic heterocycles. The first-order chi connectivity index (χ1) is 6.66. The molecule has 84 valence electrons. The van der Waals surface area contributed by atoms with Gasteiger partial charge in [-0.05, 0) is 12.3 Å². The van der Waals surface area contributed by atoms with E-state index in [1.807, 2.05) is 0 Å². The molecule has 3 heteroatoms. The molecule has 0 aliphatic rings. The second kappa shape index (κ2) is 9.50. The highest BCUT2D eigenvalue weighted by Crippen LogP contribution is 2.08. The minimum atomic E-state index is 0.0900. The molecule has 0 aromatic carbocycles. The molecule has 0 heterocycles. The first kappa shape index (κ1) is 13.9. The van der Waals surface area contributed by atoms with Crippen molar-refractivity contribution in [3.8, 4) is 0 Å². The van der Waals surface area contributed by atoms with Gasteiger partial charge in [0.2, 0.25) is 5.91 Å². The van der Waals surface area contributed by atoms with Crippen LogP contribution >= 0.6 is 15.9 Å². The number of hydrogen-bond donors (Lipinski definition) is 1. The van der Waals surface area contributed by atoms with Gasteiger partial charge in [0.1, 0.15) is 0 Å². The Bertz CT molecular complexity index is 148. The highest BCUT2D eigenvalue weighted by atomic mass is 79.9. The summed E-state index contributed by atoms with van der Waals surface area (Å²) in [5.41, 5.74) is 0. The van der Waals surface area contributed by atoms with Crippen LogP contribution in [0.5, 0.6) is 0 Å². The molecule has 0 bridgehead atoms. The van der Waals surface area contributed by atoms with Gasteiger partial charge in [-0.25, -0.2) is 0 Å². The molecule has 0 fully saturated rings. The molecule has 2 nitrogen and oxygen atoms in total. The average molecular weight is 264 g/mol. The van der Waals surface area contributed by atoms with Crippen molar-refractivity contribution in [1.29, 1.82) is 0 Å². The maximum absolute atomic E-state index is 10.8. The van der Waals surface area contributed by atoms with Gasteiger partial charge in [-0.15, -0.1) is 0 Å². The lowest BCUT2D eigenvalue weighted by Gasteiger charge is -2.05. The van der Waals surface area contributed by atoms with Crippen molar-refractivity contribution in [1.82, 2.24) is 5.32 Å². The van der Waals surface area contributed by atoms with Gasteiger partial charge < -0.3 is 5.32 Å². The van der Waals surface area contributed by atoms with E-state index < -0.39 is 0 Å². The lowest BCUT2D eigenvalue weighted by Crippen LogP contribution is -2.25. The molecule has 0 saturated carbocycles. The number of alkyl halides is 1. The van der Waals surface area contributed by atoms with Gasteiger partial charge in [-0.2, -0.15) is 0 Å². The van der Waals surface area contributed by atoms with Crippen LogP contribution in [0.1, 0.15) is 46.0 Å². The predicted molar refractivity (Wildman–Crippen MR) is 64.7 cm³/mol. The Labute approximate surface area is 96.0 Å². The number of amides is 1. The molecule has 0 aliphatic heterocycles. The van der Waals surface area contributed by atoms with E-state index in [-0.39, 0.29) is 5.91 Å². The molecule has 1 amide bonds. The van der Waals surface area contributed by atoms with Crippen molar-refractivity contribution < 1.29 is 4.79 Å². The summed E-state index contributed by atoms with van der Waals surface area (Å²) >= 11 is 3.11. The van der Waals surface area contributed by atoms with Crippen molar-refractivity contribution in [2.75, 3.05) is 11.9 Å². The SMILES string of the molecule is CC(C)CCCCCCNC(=O)CBr. The minimum Gasteiger partial charge on any atom is -0.355 e. The smallest absolute Gasteiger partial charge is 0.230 e. The summed E-state index contributed by atoms with van der Waals surface area (Å²) in [7, 11) is 0. The first-order valence-electron chi connectivity index (χ1n) is 5.49. The number of carbonyl (C=O) groups excluding carboxylic acids is 1. The molecule has 0 spiro atoms. The third-order valence-electron chi connectivity index (χ3n) is 2.15. The Hall–Kier alpha value is -0.0500. The van der Waals surface area contributed by atoms with E-state index in [9.17, 15) is 4.79 Å². The highest BCUT2D eigenvalue weighted by Gasteiger charge is 1.97. The summed E-state index contributed by atoms with van der Waals surface area (Å²) < 4.78 is 0. The molecule has 0 aliphatic carbocycles. The topological polar surface area (TPSA) is 29.1 Å². The van der Waals surface area contributed by atoms with Crippen LogP contribution in [0.2, 0.25) is 0 Å². The van der Waals surface area contributed by atoms with Crippen molar-refractivity contribution in [3.05, 3.63) is 0 Å². The Balaban J connectivity index is 3.03. The maximum Gasteiger partial charge on any atom is 0.230 e. The average Bonchev–Trinajstić information content (AvgIpc) is 2.15. The number of hydrogen-bond acceptors (Lipinski definition) is 1. The zero-order chi connectivity index (χ0) is 10.8.